The van der Waals surface area contributed by atoms with E-state index in [1.807, 2.05) is 19.9 Å². The summed E-state index contributed by atoms with van der Waals surface area (Å²) in [6.07, 6.45) is 2.47. The molecule has 6 nitrogen and oxygen atoms in total. The molecule has 5 aliphatic rings. The molecule has 0 spiro atoms. The van der Waals surface area contributed by atoms with Crippen molar-refractivity contribution < 1.29 is 19.0 Å². The summed E-state index contributed by atoms with van der Waals surface area (Å²) in [6.45, 7) is 7.49. The number of nitrogens with zero attached hydrogens (tertiary/aromatic N) is 2. The normalized spacial score (nSPS) is 33.6. The minimum Gasteiger partial charge on any atom is -0.454 e. The lowest BCUT2D eigenvalue weighted by atomic mass is 9.75. The number of benzene rings is 1. The van der Waals surface area contributed by atoms with Crippen LogP contribution < -0.4 is 9.47 Å². The fourth-order valence-electron chi connectivity index (χ4n) is 5.46. The van der Waals surface area contributed by atoms with E-state index >= 15 is 0 Å². The van der Waals surface area contributed by atoms with Gasteiger partial charge in [0, 0.05) is 18.5 Å². The first-order chi connectivity index (χ1) is 13.1. The van der Waals surface area contributed by atoms with Gasteiger partial charge in [-0.05, 0) is 63.4 Å². The van der Waals surface area contributed by atoms with E-state index in [1.165, 1.54) is 18.4 Å². The van der Waals surface area contributed by atoms with E-state index in [9.17, 15) is 4.79 Å². The van der Waals surface area contributed by atoms with E-state index in [0.29, 0.717) is 30.7 Å². The molecule has 5 aliphatic heterocycles. The van der Waals surface area contributed by atoms with E-state index in [2.05, 4.69) is 21.9 Å². The Morgan fingerprint density at radius 1 is 1.19 bits per heavy atom. The predicted octanol–water partition coefficient (Wildman–Crippen LogP) is 2.23. The highest BCUT2D eigenvalue weighted by molar-refractivity contribution is 5.78. The molecule has 4 saturated heterocycles. The van der Waals surface area contributed by atoms with Gasteiger partial charge >= 0.3 is 0 Å². The molecule has 6 heteroatoms. The summed E-state index contributed by atoms with van der Waals surface area (Å²) in [7, 11) is 0. The molecule has 2 bridgehead atoms. The van der Waals surface area contributed by atoms with Gasteiger partial charge in [0.1, 0.15) is 6.61 Å². The zero-order chi connectivity index (χ0) is 18.5. The molecule has 146 valence electrons. The van der Waals surface area contributed by atoms with Gasteiger partial charge in [0.15, 0.2) is 11.5 Å². The molecular weight excluding hydrogens is 344 g/mol. The number of amides is 1. The van der Waals surface area contributed by atoms with Gasteiger partial charge in [-0.2, -0.15) is 0 Å². The van der Waals surface area contributed by atoms with Gasteiger partial charge in [0.25, 0.3) is 0 Å². The Morgan fingerprint density at radius 2 is 1.96 bits per heavy atom. The van der Waals surface area contributed by atoms with Crippen LogP contribution in [0.15, 0.2) is 18.2 Å². The molecular formula is C21H28N2O4. The van der Waals surface area contributed by atoms with Crippen molar-refractivity contribution in [1.82, 2.24) is 9.80 Å². The minimum absolute atomic E-state index is 0.0727. The molecule has 27 heavy (non-hydrogen) atoms. The van der Waals surface area contributed by atoms with E-state index in [4.69, 9.17) is 14.2 Å². The zero-order valence-electron chi connectivity index (χ0n) is 16.1. The summed E-state index contributed by atoms with van der Waals surface area (Å²) in [4.78, 5) is 17.7. The Labute approximate surface area is 160 Å². The number of carbonyl (C=O) groups is 1. The summed E-state index contributed by atoms with van der Waals surface area (Å²) in [5.41, 5.74) is 1.25. The zero-order valence-corrected chi connectivity index (χ0v) is 16.1. The Kier molecular flexibility index (Phi) is 4.28. The quantitative estimate of drug-likeness (QED) is 0.811. The van der Waals surface area contributed by atoms with Crippen LogP contribution in [0.1, 0.15) is 38.2 Å². The third kappa shape index (κ3) is 2.90. The van der Waals surface area contributed by atoms with Gasteiger partial charge in [0.2, 0.25) is 12.7 Å². The van der Waals surface area contributed by atoms with Gasteiger partial charge in [-0.15, -0.1) is 0 Å². The molecule has 1 aromatic rings. The molecule has 3 atom stereocenters. The average molecular weight is 372 g/mol. The van der Waals surface area contributed by atoms with Crippen LogP contribution in [0.4, 0.5) is 0 Å². The Hall–Kier alpha value is -1.79. The van der Waals surface area contributed by atoms with Gasteiger partial charge < -0.3 is 19.1 Å². The summed E-state index contributed by atoms with van der Waals surface area (Å²) >= 11 is 0. The number of likely N-dealkylation sites (tertiary alicyclic amines) is 1. The van der Waals surface area contributed by atoms with Crippen molar-refractivity contribution in [2.75, 3.05) is 33.0 Å². The number of ether oxygens (including phenoxy) is 3. The van der Waals surface area contributed by atoms with Crippen LogP contribution in [0.3, 0.4) is 0 Å². The van der Waals surface area contributed by atoms with Crippen LogP contribution >= 0.6 is 0 Å². The van der Waals surface area contributed by atoms with Crippen molar-refractivity contribution in [2.24, 2.45) is 5.92 Å². The molecule has 6 rings (SSSR count). The van der Waals surface area contributed by atoms with Gasteiger partial charge in [0.05, 0.1) is 12.1 Å². The highest BCUT2D eigenvalue weighted by atomic mass is 16.7. The Bertz CT molecular complexity index is 729. The van der Waals surface area contributed by atoms with Crippen LogP contribution in [-0.2, 0) is 9.53 Å². The number of piperidine rings is 3. The van der Waals surface area contributed by atoms with Crippen LogP contribution in [0.25, 0.3) is 0 Å². The monoisotopic (exact) mass is 372 g/mol. The molecule has 1 amide bonds. The molecule has 1 aromatic carbocycles. The third-order valence-electron chi connectivity index (χ3n) is 6.68. The summed E-state index contributed by atoms with van der Waals surface area (Å²) in [6, 6.07) is 6.99. The molecule has 0 unspecified atom stereocenters. The third-order valence-corrected chi connectivity index (χ3v) is 6.68. The molecule has 0 N–H and O–H groups in total. The maximum Gasteiger partial charge on any atom is 0.248 e. The lowest BCUT2D eigenvalue weighted by Crippen LogP contribution is -2.61. The molecule has 5 heterocycles. The minimum atomic E-state index is 0.0727. The molecule has 0 aliphatic carbocycles. The first-order valence-electron chi connectivity index (χ1n) is 10.2. The van der Waals surface area contributed by atoms with Crippen molar-refractivity contribution in [3.63, 3.8) is 0 Å². The topological polar surface area (TPSA) is 51.2 Å². The van der Waals surface area contributed by atoms with Crippen LogP contribution in [-0.4, -0.2) is 66.9 Å². The second-order valence-corrected chi connectivity index (χ2v) is 8.48. The molecule has 0 saturated carbocycles. The van der Waals surface area contributed by atoms with Crippen molar-refractivity contribution >= 4 is 5.91 Å². The lowest BCUT2D eigenvalue weighted by molar-refractivity contribution is -0.142. The highest BCUT2D eigenvalue weighted by Crippen LogP contribution is 2.47. The first-order valence-corrected chi connectivity index (χ1v) is 10.2. The number of carbonyl (C=O) groups excluding carboxylic acids is 1. The smallest absolute Gasteiger partial charge is 0.248 e. The van der Waals surface area contributed by atoms with Crippen LogP contribution in [0, 0.1) is 5.92 Å². The maximum atomic E-state index is 13.0. The number of hydrogen-bond donors (Lipinski definition) is 0. The Morgan fingerprint density at radius 3 is 2.74 bits per heavy atom. The van der Waals surface area contributed by atoms with Gasteiger partial charge in [-0.25, -0.2) is 0 Å². The molecule has 0 aromatic heterocycles. The van der Waals surface area contributed by atoms with E-state index in [-0.39, 0.29) is 18.6 Å². The lowest BCUT2D eigenvalue weighted by Gasteiger charge is -2.51. The standard InChI is InChI=1S/C21H28N2O4/c1-13(2)25-11-19(24)23-10-16(15-3-4-17-18(9-15)27-12-26-17)21-20(23)14-5-7-22(21)8-6-14/h3-4,9,13-14,16,20-21H,5-8,10-12H2,1-2H3/t16-,20-,21-/m1/s1. The molecule has 4 fully saturated rings. The average Bonchev–Trinajstić information content (AvgIpc) is 3.32. The van der Waals surface area contributed by atoms with E-state index in [1.54, 1.807) is 0 Å². The van der Waals surface area contributed by atoms with Crippen molar-refractivity contribution in [3.05, 3.63) is 23.8 Å². The number of fused-ring (bicyclic) bond motifs is 3. The van der Waals surface area contributed by atoms with Gasteiger partial charge in [-0.1, -0.05) is 6.07 Å². The van der Waals surface area contributed by atoms with Crippen molar-refractivity contribution in [2.45, 2.75) is 50.8 Å². The van der Waals surface area contributed by atoms with E-state index in [0.717, 1.165) is 31.1 Å². The summed E-state index contributed by atoms with van der Waals surface area (Å²) in [5, 5.41) is 0. The maximum absolute atomic E-state index is 13.0. The molecule has 0 radical (unpaired) electrons. The fourth-order valence-corrected chi connectivity index (χ4v) is 5.46. The number of hydrogen-bond acceptors (Lipinski definition) is 5. The second kappa shape index (κ2) is 6.67. The fraction of sp³-hybridized carbons (Fsp3) is 0.667. The largest absolute Gasteiger partial charge is 0.454 e. The van der Waals surface area contributed by atoms with E-state index < -0.39 is 0 Å². The van der Waals surface area contributed by atoms with Crippen molar-refractivity contribution in [3.8, 4) is 11.5 Å². The van der Waals surface area contributed by atoms with Crippen LogP contribution in [0.5, 0.6) is 11.5 Å². The summed E-state index contributed by atoms with van der Waals surface area (Å²) in [5.74, 6) is 2.71. The Balaban J connectivity index is 1.44. The summed E-state index contributed by atoms with van der Waals surface area (Å²) < 4.78 is 16.7. The SMILES string of the molecule is CC(C)OCC(=O)N1C[C@H](c2ccc3c(c2)OCO3)[C@@H]2[C@H]1C1CCN2CC1. The first kappa shape index (κ1) is 17.3. The highest BCUT2D eigenvalue weighted by Gasteiger charge is 2.54. The van der Waals surface area contributed by atoms with Gasteiger partial charge in [-0.3, -0.25) is 9.69 Å². The van der Waals surface area contributed by atoms with Crippen molar-refractivity contribution in [1.29, 1.82) is 0 Å². The van der Waals surface area contributed by atoms with Crippen LogP contribution in [0.2, 0.25) is 0 Å². The predicted molar refractivity (Wildman–Crippen MR) is 100.0 cm³/mol. The number of rotatable bonds is 4. The second-order valence-electron chi connectivity index (χ2n) is 8.48.